The van der Waals surface area contributed by atoms with Gasteiger partial charge in [-0.1, -0.05) is 18.2 Å². The highest BCUT2D eigenvalue weighted by molar-refractivity contribution is 5.16. The number of rotatable bonds is 3. The van der Waals surface area contributed by atoms with Crippen molar-refractivity contribution in [2.24, 2.45) is 0 Å². The summed E-state index contributed by atoms with van der Waals surface area (Å²) in [5.41, 5.74) is 3.09. The SMILES string of the molecule is CC(C)(C)ONCc1ccccc1F. The van der Waals surface area contributed by atoms with Gasteiger partial charge in [-0.25, -0.2) is 4.39 Å². The van der Waals surface area contributed by atoms with Crippen molar-refractivity contribution in [1.29, 1.82) is 0 Å². The van der Waals surface area contributed by atoms with E-state index in [1.165, 1.54) is 6.07 Å². The first kappa shape index (κ1) is 11.1. The molecule has 0 saturated carbocycles. The quantitative estimate of drug-likeness (QED) is 0.752. The first-order valence-corrected chi connectivity index (χ1v) is 4.63. The van der Waals surface area contributed by atoms with Gasteiger partial charge < -0.3 is 0 Å². The molecule has 14 heavy (non-hydrogen) atoms. The van der Waals surface area contributed by atoms with Crippen LogP contribution in [-0.4, -0.2) is 5.60 Å². The number of halogens is 1. The van der Waals surface area contributed by atoms with Gasteiger partial charge in [-0.2, -0.15) is 5.48 Å². The number of benzene rings is 1. The van der Waals surface area contributed by atoms with Gasteiger partial charge in [0, 0.05) is 12.1 Å². The molecule has 1 aromatic rings. The van der Waals surface area contributed by atoms with Crippen LogP contribution in [0, 0.1) is 5.82 Å². The van der Waals surface area contributed by atoms with Crippen molar-refractivity contribution in [3.05, 3.63) is 35.6 Å². The lowest BCUT2D eigenvalue weighted by Crippen LogP contribution is -2.28. The topological polar surface area (TPSA) is 21.3 Å². The summed E-state index contributed by atoms with van der Waals surface area (Å²) in [7, 11) is 0. The summed E-state index contributed by atoms with van der Waals surface area (Å²) in [4.78, 5) is 5.27. The molecule has 0 aliphatic rings. The van der Waals surface area contributed by atoms with E-state index in [1.54, 1.807) is 18.2 Å². The molecule has 0 atom stereocenters. The van der Waals surface area contributed by atoms with Crippen molar-refractivity contribution >= 4 is 0 Å². The van der Waals surface area contributed by atoms with Crippen LogP contribution in [-0.2, 0) is 11.4 Å². The van der Waals surface area contributed by atoms with Gasteiger partial charge in [-0.3, -0.25) is 4.84 Å². The predicted octanol–water partition coefficient (Wildman–Crippen LogP) is 2.65. The Labute approximate surface area is 84.0 Å². The number of nitrogens with one attached hydrogen (secondary N) is 1. The fourth-order valence-electron chi connectivity index (χ4n) is 0.972. The maximum atomic E-state index is 13.1. The third kappa shape index (κ3) is 3.85. The van der Waals surface area contributed by atoms with Crippen molar-refractivity contribution < 1.29 is 9.23 Å². The van der Waals surface area contributed by atoms with Gasteiger partial charge in [-0.05, 0) is 26.8 Å². The Bertz CT molecular complexity index is 294. The van der Waals surface area contributed by atoms with Crippen LogP contribution < -0.4 is 5.48 Å². The number of hydroxylamine groups is 1. The highest BCUT2D eigenvalue weighted by atomic mass is 19.1. The molecule has 78 valence electrons. The van der Waals surface area contributed by atoms with Gasteiger partial charge in [-0.15, -0.1) is 0 Å². The average Bonchev–Trinajstić information content (AvgIpc) is 2.06. The summed E-state index contributed by atoms with van der Waals surface area (Å²) < 4.78 is 13.1. The minimum atomic E-state index is -0.259. The van der Waals surface area contributed by atoms with Gasteiger partial charge in [0.1, 0.15) is 5.82 Å². The molecule has 0 heterocycles. The highest BCUT2D eigenvalue weighted by Gasteiger charge is 2.10. The van der Waals surface area contributed by atoms with Crippen LogP contribution in [0.3, 0.4) is 0 Å². The molecule has 0 aliphatic carbocycles. The standard InChI is InChI=1S/C11H16FNO/c1-11(2,3)14-13-8-9-6-4-5-7-10(9)12/h4-7,13H,8H2,1-3H3. The molecule has 0 amide bonds. The fraction of sp³-hybridized carbons (Fsp3) is 0.455. The molecule has 0 aromatic heterocycles. The van der Waals surface area contributed by atoms with Crippen LogP contribution in [0.15, 0.2) is 24.3 Å². The van der Waals surface area contributed by atoms with Crippen LogP contribution in [0.2, 0.25) is 0 Å². The third-order valence-corrected chi connectivity index (χ3v) is 1.60. The van der Waals surface area contributed by atoms with E-state index in [0.29, 0.717) is 12.1 Å². The molecule has 3 heteroatoms. The lowest BCUT2D eigenvalue weighted by atomic mass is 10.2. The van der Waals surface area contributed by atoms with E-state index in [9.17, 15) is 4.39 Å². The Morgan fingerprint density at radius 2 is 1.93 bits per heavy atom. The minimum Gasteiger partial charge on any atom is -0.296 e. The summed E-state index contributed by atoms with van der Waals surface area (Å²) >= 11 is 0. The largest absolute Gasteiger partial charge is 0.296 e. The lowest BCUT2D eigenvalue weighted by molar-refractivity contribution is -0.0760. The third-order valence-electron chi connectivity index (χ3n) is 1.60. The van der Waals surface area contributed by atoms with Gasteiger partial charge in [0.05, 0.1) is 5.60 Å². The number of hydrogen-bond donors (Lipinski definition) is 1. The Balaban J connectivity index is 2.43. The molecule has 0 spiro atoms. The van der Waals surface area contributed by atoms with Crippen molar-refractivity contribution in [2.75, 3.05) is 0 Å². The molecular formula is C11H16FNO. The highest BCUT2D eigenvalue weighted by Crippen LogP contribution is 2.08. The van der Waals surface area contributed by atoms with E-state index in [0.717, 1.165) is 0 Å². The smallest absolute Gasteiger partial charge is 0.127 e. The van der Waals surface area contributed by atoms with Gasteiger partial charge in [0.25, 0.3) is 0 Å². The van der Waals surface area contributed by atoms with E-state index in [2.05, 4.69) is 5.48 Å². The molecule has 0 unspecified atom stereocenters. The van der Waals surface area contributed by atoms with Gasteiger partial charge in [0.15, 0.2) is 0 Å². The molecule has 0 aliphatic heterocycles. The van der Waals surface area contributed by atoms with Crippen molar-refractivity contribution in [2.45, 2.75) is 32.9 Å². The maximum Gasteiger partial charge on any atom is 0.127 e. The van der Waals surface area contributed by atoms with E-state index in [1.807, 2.05) is 20.8 Å². The van der Waals surface area contributed by atoms with Crippen molar-refractivity contribution in [1.82, 2.24) is 5.48 Å². The number of hydrogen-bond acceptors (Lipinski definition) is 2. The zero-order chi connectivity index (χ0) is 10.6. The molecule has 1 aromatic carbocycles. The Morgan fingerprint density at radius 1 is 1.29 bits per heavy atom. The second-order valence-electron chi connectivity index (χ2n) is 4.13. The molecule has 0 fully saturated rings. The summed E-state index contributed by atoms with van der Waals surface area (Å²) in [6.45, 7) is 6.17. The molecule has 0 saturated heterocycles. The molecule has 0 radical (unpaired) electrons. The zero-order valence-electron chi connectivity index (χ0n) is 8.80. The van der Waals surface area contributed by atoms with Crippen molar-refractivity contribution in [3.8, 4) is 0 Å². The van der Waals surface area contributed by atoms with Gasteiger partial charge in [0.2, 0.25) is 0 Å². The Kier molecular flexibility index (Phi) is 3.61. The second kappa shape index (κ2) is 4.53. The predicted molar refractivity (Wildman–Crippen MR) is 54.1 cm³/mol. The zero-order valence-corrected chi connectivity index (χ0v) is 8.80. The normalized spacial score (nSPS) is 11.7. The molecule has 1 rings (SSSR count). The van der Waals surface area contributed by atoms with E-state index in [4.69, 9.17) is 4.84 Å². The van der Waals surface area contributed by atoms with Crippen molar-refractivity contribution in [3.63, 3.8) is 0 Å². The van der Waals surface area contributed by atoms with Crippen LogP contribution in [0.4, 0.5) is 4.39 Å². The summed E-state index contributed by atoms with van der Waals surface area (Å²) in [5, 5.41) is 0. The summed E-state index contributed by atoms with van der Waals surface area (Å²) in [6.07, 6.45) is 0. The summed E-state index contributed by atoms with van der Waals surface area (Å²) in [5.74, 6) is -0.211. The lowest BCUT2D eigenvalue weighted by Gasteiger charge is -2.19. The average molecular weight is 197 g/mol. The first-order valence-electron chi connectivity index (χ1n) is 4.63. The Hall–Kier alpha value is -0.930. The van der Waals surface area contributed by atoms with Crippen LogP contribution in [0.1, 0.15) is 26.3 Å². The van der Waals surface area contributed by atoms with E-state index < -0.39 is 0 Å². The molecule has 1 N–H and O–H groups in total. The van der Waals surface area contributed by atoms with E-state index in [-0.39, 0.29) is 11.4 Å². The maximum absolute atomic E-state index is 13.1. The van der Waals surface area contributed by atoms with Crippen LogP contribution in [0.25, 0.3) is 0 Å². The van der Waals surface area contributed by atoms with Gasteiger partial charge >= 0.3 is 0 Å². The first-order chi connectivity index (χ1) is 6.49. The Morgan fingerprint density at radius 3 is 2.50 bits per heavy atom. The summed E-state index contributed by atoms with van der Waals surface area (Å²) in [6, 6.07) is 6.64. The molecule has 2 nitrogen and oxygen atoms in total. The van der Waals surface area contributed by atoms with E-state index >= 15 is 0 Å². The molecular weight excluding hydrogens is 181 g/mol. The minimum absolute atomic E-state index is 0.211. The molecule has 0 bridgehead atoms. The second-order valence-corrected chi connectivity index (χ2v) is 4.13. The van der Waals surface area contributed by atoms with Crippen LogP contribution >= 0.6 is 0 Å². The van der Waals surface area contributed by atoms with Crippen LogP contribution in [0.5, 0.6) is 0 Å². The fourth-order valence-corrected chi connectivity index (χ4v) is 0.972. The monoisotopic (exact) mass is 197 g/mol.